The molecule has 0 bridgehead atoms. The standard InChI is InChI=1S/C23H31Cl2N3O4/c1-16-10-18(29)13-26(12-16)14-19(30)15-28-9-8-27(7-6-23(28)32)22(31)5-3-17-2-4-20(24)21(25)11-17/h2-5,11,16,18-19,29-30H,6-10,12-15H2,1H3. The minimum Gasteiger partial charge on any atom is -0.392 e. The summed E-state index contributed by atoms with van der Waals surface area (Å²) in [6.45, 7) is 5.22. The summed E-state index contributed by atoms with van der Waals surface area (Å²) in [5, 5.41) is 21.4. The number of piperidine rings is 1. The van der Waals surface area contributed by atoms with Crippen molar-refractivity contribution < 1.29 is 19.8 Å². The Kier molecular flexibility index (Phi) is 8.96. The molecule has 1 aromatic carbocycles. The Morgan fingerprint density at radius 2 is 1.97 bits per heavy atom. The van der Waals surface area contributed by atoms with Crippen LogP contribution in [0.2, 0.25) is 10.0 Å². The Morgan fingerprint density at radius 3 is 2.69 bits per heavy atom. The minimum absolute atomic E-state index is 0.0696. The molecule has 2 aliphatic heterocycles. The lowest BCUT2D eigenvalue weighted by molar-refractivity contribution is -0.132. The van der Waals surface area contributed by atoms with Crippen LogP contribution in [-0.2, 0) is 9.59 Å². The first-order chi connectivity index (χ1) is 15.2. The number of nitrogens with zero attached hydrogens (tertiary/aromatic N) is 3. The third-order valence-electron chi connectivity index (χ3n) is 5.88. The normalized spacial score (nSPS) is 24.1. The van der Waals surface area contributed by atoms with Crippen molar-refractivity contribution in [1.29, 1.82) is 0 Å². The van der Waals surface area contributed by atoms with Crippen molar-refractivity contribution in [2.24, 2.45) is 5.92 Å². The van der Waals surface area contributed by atoms with Gasteiger partial charge in [0.05, 0.1) is 22.3 Å². The number of halogens is 2. The number of carbonyl (C=O) groups is 2. The van der Waals surface area contributed by atoms with Crippen LogP contribution in [0.1, 0.15) is 25.3 Å². The molecule has 9 heteroatoms. The van der Waals surface area contributed by atoms with Gasteiger partial charge >= 0.3 is 0 Å². The molecule has 0 saturated carbocycles. The summed E-state index contributed by atoms with van der Waals surface area (Å²) in [6.07, 6.45) is 3.07. The van der Waals surface area contributed by atoms with E-state index < -0.39 is 6.10 Å². The maximum absolute atomic E-state index is 12.6. The summed E-state index contributed by atoms with van der Waals surface area (Å²) in [7, 11) is 0. The quantitative estimate of drug-likeness (QED) is 0.605. The molecule has 2 saturated heterocycles. The van der Waals surface area contributed by atoms with Gasteiger partial charge in [-0.25, -0.2) is 0 Å². The largest absolute Gasteiger partial charge is 0.392 e. The zero-order chi connectivity index (χ0) is 23.3. The molecule has 1 aromatic rings. The Hall–Kier alpha value is -1.64. The zero-order valence-electron chi connectivity index (χ0n) is 18.3. The fourth-order valence-electron chi connectivity index (χ4n) is 4.36. The molecule has 3 rings (SSSR count). The van der Waals surface area contributed by atoms with Gasteiger partial charge in [-0.1, -0.05) is 36.2 Å². The van der Waals surface area contributed by atoms with Gasteiger partial charge in [0, 0.05) is 58.3 Å². The molecular formula is C23H31Cl2N3O4. The predicted molar refractivity (Wildman–Crippen MR) is 126 cm³/mol. The van der Waals surface area contributed by atoms with Gasteiger partial charge in [-0.3, -0.25) is 14.5 Å². The highest BCUT2D eigenvalue weighted by Crippen LogP contribution is 2.23. The van der Waals surface area contributed by atoms with E-state index in [0.717, 1.165) is 18.5 Å². The van der Waals surface area contributed by atoms with Gasteiger partial charge in [0.15, 0.2) is 0 Å². The number of rotatable bonds is 6. The SMILES string of the molecule is CC1CC(O)CN(CC(O)CN2CCN(C(=O)C=Cc3ccc(Cl)c(Cl)c3)CCC2=O)C1. The molecule has 0 aromatic heterocycles. The molecule has 3 unspecified atom stereocenters. The van der Waals surface area contributed by atoms with Crippen molar-refractivity contribution in [2.75, 3.05) is 45.8 Å². The number of aliphatic hydroxyl groups excluding tert-OH is 2. The number of β-amino-alcohol motifs (C(OH)–C–C–N with tert-alkyl or cyclic N) is 2. The molecule has 2 N–H and O–H groups in total. The van der Waals surface area contributed by atoms with Crippen LogP contribution in [0.5, 0.6) is 0 Å². The number of hydrogen-bond acceptors (Lipinski definition) is 5. The van der Waals surface area contributed by atoms with E-state index >= 15 is 0 Å². The third-order valence-corrected chi connectivity index (χ3v) is 6.61. The summed E-state index contributed by atoms with van der Waals surface area (Å²) >= 11 is 11.9. The smallest absolute Gasteiger partial charge is 0.246 e. The lowest BCUT2D eigenvalue weighted by Gasteiger charge is -2.36. The first-order valence-electron chi connectivity index (χ1n) is 11.0. The summed E-state index contributed by atoms with van der Waals surface area (Å²) in [5.74, 6) is 0.129. The first kappa shape index (κ1) is 25.0. The maximum atomic E-state index is 12.6. The van der Waals surface area contributed by atoms with E-state index in [2.05, 4.69) is 11.8 Å². The van der Waals surface area contributed by atoms with E-state index in [1.54, 1.807) is 34.1 Å². The summed E-state index contributed by atoms with van der Waals surface area (Å²) in [4.78, 5) is 30.5. The molecule has 2 aliphatic rings. The molecule has 7 nitrogen and oxygen atoms in total. The zero-order valence-corrected chi connectivity index (χ0v) is 19.8. The Bertz CT molecular complexity index is 841. The van der Waals surface area contributed by atoms with Gasteiger partial charge < -0.3 is 20.0 Å². The van der Waals surface area contributed by atoms with Gasteiger partial charge in [-0.05, 0) is 36.1 Å². The second-order valence-electron chi connectivity index (χ2n) is 8.79. The second-order valence-corrected chi connectivity index (χ2v) is 9.60. The lowest BCUT2D eigenvalue weighted by atomic mass is 9.98. The van der Waals surface area contributed by atoms with Crippen LogP contribution in [0.25, 0.3) is 6.08 Å². The molecular weight excluding hydrogens is 453 g/mol. The number of benzene rings is 1. The van der Waals surface area contributed by atoms with Crippen molar-refractivity contribution in [3.63, 3.8) is 0 Å². The van der Waals surface area contributed by atoms with Gasteiger partial charge in [0.2, 0.25) is 11.8 Å². The first-order valence-corrected chi connectivity index (χ1v) is 11.7. The lowest BCUT2D eigenvalue weighted by Crippen LogP contribution is -2.48. The average Bonchev–Trinajstić information content (AvgIpc) is 2.89. The monoisotopic (exact) mass is 483 g/mol. The maximum Gasteiger partial charge on any atom is 0.246 e. The van der Waals surface area contributed by atoms with E-state index in [1.165, 1.54) is 6.08 Å². The van der Waals surface area contributed by atoms with Crippen molar-refractivity contribution >= 4 is 41.1 Å². The highest BCUT2D eigenvalue weighted by molar-refractivity contribution is 6.42. The highest BCUT2D eigenvalue weighted by atomic mass is 35.5. The topological polar surface area (TPSA) is 84.3 Å². The van der Waals surface area contributed by atoms with Crippen LogP contribution in [0.4, 0.5) is 0 Å². The van der Waals surface area contributed by atoms with Crippen LogP contribution in [-0.4, -0.2) is 94.7 Å². The fraction of sp³-hybridized carbons (Fsp3) is 0.565. The minimum atomic E-state index is -0.701. The molecule has 2 heterocycles. The molecule has 176 valence electrons. The molecule has 0 aliphatic carbocycles. The fourth-order valence-corrected chi connectivity index (χ4v) is 4.66. The van der Waals surface area contributed by atoms with Crippen molar-refractivity contribution in [1.82, 2.24) is 14.7 Å². The second kappa shape index (κ2) is 11.5. The average molecular weight is 484 g/mol. The van der Waals surface area contributed by atoms with E-state index in [1.807, 2.05) is 0 Å². The van der Waals surface area contributed by atoms with E-state index in [0.29, 0.717) is 48.7 Å². The third kappa shape index (κ3) is 7.18. The molecule has 2 amide bonds. The van der Waals surface area contributed by atoms with Crippen LogP contribution in [0, 0.1) is 5.92 Å². The van der Waals surface area contributed by atoms with Gasteiger partial charge in [0.25, 0.3) is 0 Å². The number of likely N-dealkylation sites (tertiary alicyclic amines) is 1. The van der Waals surface area contributed by atoms with Crippen LogP contribution >= 0.6 is 23.2 Å². The van der Waals surface area contributed by atoms with E-state index in [9.17, 15) is 19.8 Å². The molecule has 3 atom stereocenters. The Labute approximate surface area is 199 Å². The molecule has 32 heavy (non-hydrogen) atoms. The van der Waals surface area contributed by atoms with Gasteiger partial charge in [-0.2, -0.15) is 0 Å². The molecule has 2 fully saturated rings. The van der Waals surface area contributed by atoms with Crippen molar-refractivity contribution in [2.45, 2.75) is 32.0 Å². The number of aliphatic hydroxyl groups is 2. The van der Waals surface area contributed by atoms with Crippen LogP contribution in [0.3, 0.4) is 0 Å². The van der Waals surface area contributed by atoms with Gasteiger partial charge in [-0.15, -0.1) is 0 Å². The van der Waals surface area contributed by atoms with Crippen LogP contribution < -0.4 is 0 Å². The summed E-state index contributed by atoms with van der Waals surface area (Å²) < 4.78 is 0. The van der Waals surface area contributed by atoms with Gasteiger partial charge in [0.1, 0.15) is 0 Å². The summed E-state index contributed by atoms with van der Waals surface area (Å²) in [5.41, 5.74) is 0.764. The number of carbonyl (C=O) groups excluding carboxylic acids is 2. The number of amides is 2. The van der Waals surface area contributed by atoms with Crippen molar-refractivity contribution in [3.05, 3.63) is 39.9 Å². The number of hydrogen-bond donors (Lipinski definition) is 2. The van der Waals surface area contributed by atoms with Crippen molar-refractivity contribution in [3.8, 4) is 0 Å². The summed E-state index contributed by atoms with van der Waals surface area (Å²) in [6, 6.07) is 5.13. The van der Waals surface area contributed by atoms with E-state index in [4.69, 9.17) is 23.2 Å². The molecule has 0 radical (unpaired) electrons. The van der Waals surface area contributed by atoms with Crippen LogP contribution in [0.15, 0.2) is 24.3 Å². The highest BCUT2D eigenvalue weighted by Gasteiger charge is 2.28. The Balaban J connectivity index is 1.51. The molecule has 0 spiro atoms. The Morgan fingerprint density at radius 1 is 1.19 bits per heavy atom. The predicted octanol–water partition coefficient (Wildman–Crippen LogP) is 2.13. The van der Waals surface area contributed by atoms with E-state index in [-0.39, 0.29) is 30.9 Å².